The van der Waals surface area contributed by atoms with Crippen LogP contribution in [0.15, 0.2) is 0 Å². The largest absolute Gasteiger partial charge is 0.382 e. The molecule has 0 radical (unpaired) electrons. The van der Waals surface area contributed by atoms with E-state index < -0.39 is 0 Å². The second kappa shape index (κ2) is 10.9. The van der Waals surface area contributed by atoms with Crippen LogP contribution in [0.25, 0.3) is 0 Å². The van der Waals surface area contributed by atoms with Gasteiger partial charge in [-0.1, -0.05) is 6.04 Å². The molecule has 1 aliphatic heterocycles. The molecule has 0 aromatic carbocycles. The van der Waals surface area contributed by atoms with Crippen molar-refractivity contribution in [3.8, 4) is 0 Å². The summed E-state index contributed by atoms with van der Waals surface area (Å²) in [6.07, 6.45) is 6.44. The molecule has 1 unspecified atom stereocenters. The van der Waals surface area contributed by atoms with Crippen molar-refractivity contribution in [3.05, 3.63) is 0 Å². The van der Waals surface area contributed by atoms with Crippen LogP contribution in [0.2, 0.25) is 6.04 Å². The van der Waals surface area contributed by atoms with Crippen LogP contribution in [0.4, 0.5) is 0 Å². The number of carbonyl (C=O) groups is 1. The van der Waals surface area contributed by atoms with Crippen molar-refractivity contribution in [2.24, 2.45) is 0 Å². The van der Waals surface area contributed by atoms with Crippen LogP contribution in [0.3, 0.4) is 0 Å². The first kappa shape index (κ1) is 16.1. The summed E-state index contributed by atoms with van der Waals surface area (Å²) >= 11 is 2.02. The smallest absolute Gasteiger partial charge is 0.216 e. The van der Waals surface area contributed by atoms with Crippen LogP contribution < -0.4 is 5.32 Å². The lowest BCUT2D eigenvalue weighted by Crippen LogP contribution is -2.25. The minimum absolute atomic E-state index is 0.0183. The van der Waals surface area contributed by atoms with Gasteiger partial charge in [0, 0.05) is 25.8 Å². The highest BCUT2D eigenvalue weighted by molar-refractivity contribution is 7.99. The molecule has 106 valence electrons. The highest BCUT2D eigenvalue weighted by Crippen LogP contribution is 2.14. The maximum Gasteiger partial charge on any atom is 0.216 e. The number of ether oxygens (including phenoxy) is 1. The van der Waals surface area contributed by atoms with E-state index in [0.29, 0.717) is 5.73 Å². The van der Waals surface area contributed by atoms with Crippen LogP contribution in [-0.2, 0) is 9.53 Å². The minimum Gasteiger partial charge on any atom is -0.382 e. The number of rotatable bonds is 9. The molecule has 3 nitrogen and oxygen atoms in total. The molecule has 1 heterocycles. The van der Waals surface area contributed by atoms with E-state index in [2.05, 4.69) is 5.32 Å². The van der Waals surface area contributed by atoms with Gasteiger partial charge in [-0.25, -0.2) is 0 Å². The van der Waals surface area contributed by atoms with Gasteiger partial charge < -0.3 is 10.1 Å². The maximum atomic E-state index is 10.6. The average Bonchev–Trinajstić information content (AvgIpc) is 2.37. The van der Waals surface area contributed by atoms with E-state index in [1.54, 1.807) is 6.92 Å². The van der Waals surface area contributed by atoms with Gasteiger partial charge in [0.1, 0.15) is 0 Å². The van der Waals surface area contributed by atoms with Crippen molar-refractivity contribution in [2.75, 3.05) is 24.7 Å². The SMILES string of the molecule is CC(=O)NCCCSCCC[SiH2]C1CCCCO1. The molecule has 0 saturated carbocycles. The van der Waals surface area contributed by atoms with Gasteiger partial charge in [-0.3, -0.25) is 4.79 Å². The summed E-state index contributed by atoms with van der Waals surface area (Å²) in [5.74, 6) is 2.53. The predicted octanol–water partition coefficient (Wildman–Crippen LogP) is 1.75. The Bertz CT molecular complexity index is 223. The highest BCUT2D eigenvalue weighted by atomic mass is 32.2. The number of amides is 1. The Morgan fingerprint density at radius 3 is 2.94 bits per heavy atom. The monoisotopic (exact) mass is 289 g/mol. The van der Waals surface area contributed by atoms with Gasteiger partial charge in [0.05, 0.1) is 9.52 Å². The van der Waals surface area contributed by atoms with Crippen LogP contribution in [-0.4, -0.2) is 45.8 Å². The third kappa shape index (κ3) is 9.00. The Morgan fingerprint density at radius 1 is 1.39 bits per heavy atom. The van der Waals surface area contributed by atoms with Crippen LogP contribution >= 0.6 is 11.8 Å². The molecule has 1 aliphatic rings. The Kier molecular flexibility index (Phi) is 9.70. The summed E-state index contributed by atoms with van der Waals surface area (Å²) in [7, 11) is 0.0183. The summed E-state index contributed by atoms with van der Waals surface area (Å²) in [4.78, 5) is 10.6. The number of hydrogen-bond donors (Lipinski definition) is 1. The number of nitrogens with one attached hydrogen (secondary N) is 1. The van der Waals surface area contributed by atoms with E-state index in [4.69, 9.17) is 4.74 Å². The first-order valence-corrected chi connectivity index (χ1v) is 10.2. The number of carbonyl (C=O) groups excluding carboxylic acids is 1. The van der Waals surface area contributed by atoms with E-state index in [-0.39, 0.29) is 15.4 Å². The molecule has 5 heteroatoms. The van der Waals surface area contributed by atoms with E-state index in [9.17, 15) is 4.79 Å². The molecule has 1 atom stereocenters. The second-order valence-corrected chi connectivity index (χ2v) is 8.35. The van der Waals surface area contributed by atoms with Gasteiger partial charge in [-0.15, -0.1) is 0 Å². The molecular weight excluding hydrogens is 262 g/mol. The zero-order valence-electron chi connectivity index (χ0n) is 11.6. The lowest BCUT2D eigenvalue weighted by molar-refractivity contribution is -0.118. The molecule has 0 bridgehead atoms. The summed E-state index contributed by atoms with van der Waals surface area (Å²) < 4.78 is 5.77. The van der Waals surface area contributed by atoms with Gasteiger partial charge in [0.25, 0.3) is 0 Å². The average molecular weight is 290 g/mol. The molecule has 0 spiro atoms. The van der Waals surface area contributed by atoms with Crippen molar-refractivity contribution in [3.63, 3.8) is 0 Å². The van der Waals surface area contributed by atoms with E-state index >= 15 is 0 Å². The molecule has 0 aromatic rings. The topological polar surface area (TPSA) is 38.3 Å². The molecule has 0 aliphatic carbocycles. The van der Waals surface area contributed by atoms with Gasteiger partial charge in [0.2, 0.25) is 5.91 Å². The lowest BCUT2D eigenvalue weighted by Gasteiger charge is -2.22. The van der Waals surface area contributed by atoms with E-state index in [0.717, 1.165) is 19.6 Å². The van der Waals surface area contributed by atoms with Gasteiger partial charge >= 0.3 is 0 Å². The Balaban J connectivity index is 1.76. The second-order valence-electron chi connectivity index (χ2n) is 4.93. The Morgan fingerprint density at radius 2 is 2.22 bits per heavy atom. The van der Waals surface area contributed by atoms with Crippen molar-refractivity contribution < 1.29 is 9.53 Å². The molecule has 0 aromatic heterocycles. The van der Waals surface area contributed by atoms with Crippen LogP contribution in [0.1, 0.15) is 39.0 Å². The minimum atomic E-state index is 0.0183. The first-order chi connectivity index (χ1) is 8.79. The predicted molar refractivity (Wildman–Crippen MR) is 82.2 cm³/mol. The third-order valence-corrected chi connectivity index (χ3v) is 6.53. The van der Waals surface area contributed by atoms with E-state index in [1.807, 2.05) is 11.8 Å². The van der Waals surface area contributed by atoms with Crippen LogP contribution in [0, 0.1) is 0 Å². The third-order valence-electron chi connectivity index (χ3n) is 3.18. The molecular formula is C13H27NO2SSi. The van der Waals surface area contributed by atoms with Crippen molar-refractivity contribution in [1.82, 2.24) is 5.32 Å². The zero-order chi connectivity index (χ0) is 13.1. The fourth-order valence-electron chi connectivity index (χ4n) is 2.15. The zero-order valence-corrected chi connectivity index (χ0v) is 13.8. The molecule has 1 N–H and O–H groups in total. The highest BCUT2D eigenvalue weighted by Gasteiger charge is 2.13. The molecule has 1 fully saturated rings. The van der Waals surface area contributed by atoms with Crippen molar-refractivity contribution in [1.29, 1.82) is 0 Å². The first-order valence-electron chi connectivity index (χ1n) is 7.23. The van der Waals surface area contributed by atoms with Crippen molar-refractivity contribution in [2.45, 2.75) is 50.8 Å². The standard InChI is InChI=1S/C13H27NO2SSi/c1-12(15)14-7-4-9-17-10-5-11-18-13-6-2-3-8-16-13/h13H,2-11,18H2,1H3,(H,14,15). The Hall–Kier alpha value is -0.00312. The Labute approximate surface area is 118 Å². The molecule has 18 heavy (non-hydrogen) atoms. The molecule has 1 rings (SSSR count). The van der Waals surface area contributed by atoms with E-state index in [1.165, 1.54) is 43.2 Å². The van der Waals surface area contributed by atoms with Crippen LogP contribution in [0.5, 0.6) is 0 Å². The summed E-state index contributed by atoms with van der Waals surface area (Å²) in [6.45, 7) is 3.41. The fraction of sp³-hybridized carbons (Fsp3) is 0.923. The molecule has 1 amide bonds. The number of hydrogen-bond acceptors (Lipinski definition) is 3. The quantitative estimate of drug-likeness (QED) is 0.519. The van der Waals surface area contributed by atoms with Gasteiger partial charge in [0.15, 0.2) is 0 Å². The summed E-state index contributed by atoms with van der Waals surface area (Å²) in [5.41, 5.74) is 0.684. The lowest BCUT2D eigenvalue weighted by atomic mass is 10.2. The summed E-state index contributed by atoms with van der Waals surface area (Å²) in [6, 6.07) is 1.43. The number of thioether (sulfide) groups is 1. The normalized spacial score (nSPS) is 20.4. The molecule has 1 saturated heterocycles. The summed E-state index contributed by atoms with van der Waals surface area (Å²) in [5, 5.41) is 2.83. The van der Waals surface area contributed by atoms with Crippen molar-refractivity contribution >= 4 is 27.2 Å². The maximum absolute atomic E-state index is 10.6. The van der Waals surface area contributed by atoms with Gasteiger partial charge in [-0.05, 0) is 43.6 Å². The fourth-order valence-corrected chi connectivity index (χ4v) is 5.38. The van der Waals surface area contributed by atoms with Gasteiger partial charge in [-0.2, -0.15) is 11.8 Å².